The molecule has 2 aromatic rings. The third-order valence-electron chi connectivity index (χ3n) is 1.83. The van der Waals surface area contributed by atoms with Crippen LogP contribution in [0.25, 0.3) is 0 Å². The number of nitrogens with one attached hydrogen (secondary N) is 1. The zero-order valence-electron chi connectivity index (χ0n) is 7.70. The van der Waals surface area contributed by atoms with Gasteiger partial charge >= 0.3 is 0 Å². The molecular weight excluding hydrogens is 278 g/mol. The molecule has 0 aliphatic rings. The monoisotopic (exact) mass is 285 g/mol. The van der Waals surface area contributed by atoms with E-state index in [2.05, 4.69) is 21.2 Å². The molecule has 0 unspecified atom stereocenters. The van der Waals surface area contributed by atoms with Crippen LogP contribution in [-0.4, -0.2) is 5.91 Å². The fraction of sp³-hybridized carbons (Fsp3) is 0.100. The number of carbonyl (C=O) groups excluding carboxylic acids is 1. The van der Waals surface area contributed by atoms with E-state index in [4.69, 9.17) is 4.42 Å². The minimum atomic E-state index is -0.0896. The number of carbonyl (C=O) groups is 1. The molecule has 0 saturated carbocycles. The number of hydrogen-bond acceptors (Lipinski definition) is 3. The lowest BCUT2D eigenvalue weighted by Gasteiger charge is -2.01. The Morgan fingerprint density at radius 1 is 1.53 bits per heavy atom. The second-order valence-corrected chi connectivity index (χ2v) is 4.63. The number of furan rings is 1. The van der Waals surface area contributed by atoms with E-state index in [1.165, 1.54) is 11.3 Å². The second-order valence-electron chi connectivity index (χ2n) is 2.86. The summed E-state index contributed by atoms with van der Waals surface area (Å²) in [5.74, 6) is 0.657. The van der Waals surface area contributed by atoms with Crippen LogP contribution in [-0.2, 0) is 6.54 Å². The Labute approximate surface area is 99.2 Å². The Kier molecular flexibility index (Phi) is 3.23. The Bertz CT molecular complexity index is 450. The molecule has 2 aromatic heterocycles. The molecule has 2 heterocycles. The maximum atomic E-state index is 11.6. The van der Waals surface area contributed by atoms with Crippen molar-refractivity contribution in [2.24, 2.45) is 0 Å². The maximum Gasteiger partial charge on any atom is 0.262 e. The van der Waals surface area contributed by atoms with Gasteiger partial charge in [0.25, 0.3) is 5.91 Å². The zero-order chi connectivity index (χ0) is 10.7. The molecule has 78 valence electrons. The third kappa shape index (κ3) is 2.49. The first kappa shape index (κ1) is 10.4. The Morgan fingerprint density at radius 3 is 3.00 bits per heavy atom. The zero-order valence-corrected chi connectivity index (χ0v) is 10.1. The molecule has 1 N–H and O–H groups in total. The summed E-state index contributed by atoms with van der Waals surface area (Å²) >= 11 is 4.72. The van der Waals surface area contributed by atoms with Crippen molar-refractivity contribution < 1.29 is 9.21 Å². The van der Waals surface area contributed by atoms with E-state index >= 15 is 0 Å². The molecule has 0 aliphatic heterocycles. The molecule has 0 atom stereocenters. The van der Waals surface area contributed by atoms with Gasteiger partial charge in [0.15, 0.2) is 0 Å². The van der Waals surface area contributed by atoms with E-state index in [-0.39, 0.29) is 5.91 Å². The molecule has 0 aliphatic carbocycles. The van der Waals surface area contributed by atoms with Gasteiger partial charge < -0.3 is 9.73 Å². The molecule has 0 fully saturated rings. The highest BCUT2D eigenvalue weighted by Crippen LogP contribution is 2.22. The highest BCUT2D eigenvalue weighted by atomic mass is 79.9. The fourth-order valence-corrected chi connectivity index (χ4v) is 2.58. The van der Waals surface area contributed by atoms with Crippen LogP contribution in [0.1, 0.15) is 15.4 Å². The third-order valence-corrected chi connectivity index (χ3v) is 3.66. The van der Waals surface area contributed by atoms with E-state index in [0.717, 1.165) is 10.2 Å². The van der Waals surface area contributed by atoms with Gasteiger partial charge in [0.1, 0.15) is 10.6 Å². The van der Waals surface area contributed by atoms with Crippen molar-refractivity contribution in [3.63, 3.8) is 0 Å². The van der Waals surface area contributed by atoms with Gasteiger partial charge in [0, 0.05) is 4.47 Å². The van der Waals surface area contributed by atoms with Gasteiger partial charge in [0.2, 0.25) is 0 Å². The van der Waals surface area contributed by atoms with Gasteiger partial charge in [-0.3, -0.25) is 4.79 Å². The topological polar surface area (TPSA) is 42.2 Å². The lowest BCUT2D eigenvalue weighted by molar-refractivity contribution is 0.0951. The SMILES string of the molecule is O=C(NCc1ccco1)c1sccc1Br. The van der Waals surface area contributed by atoms with E-state index in [9.17, 15) is 4.79 Å². The number of rotatable bonds is 3. The van der Waals surface area contributed by atoms with E-state index in [0.29, 0.717) is 11.4 Å². The van der Waals surface area contributed by atoms with Gasteiger partial charge in [-0.05, 0) is 39.5 Å². The smallest absolute Gasteiger partial charge is 0.262 e. The van der Waals surface area contributed by atoms with Gasteiger partial charge in [-0.25, -0.2) is 0 Å². The molecule has 1 amide bonds. The second kappa shape index (κ2) is 4.63. The predicted octanol–water partition coefficient (Wildman–Crippen LogP) is 3.03. The highest BCUT2D eigenvalue weighted by Gasteiger charge is 2.11. The summed E-state index contributed by atoms with van der Waals surface area (Å²) < 4.78 is 5.93. The number of amides is 1. The first-order valence-electron chi connectivity index (χ1n) is 4.31. The molecule has 0 saturated heterocycles. The molecule has 0 radical (unpaired) electrons. The normalized spacial score (nSPS) is 10.2. The van der Waals surface area contributed by atoms with Crippen LogP contribution in [0.3, 0.4) is 0 Å². The van der Waals surface area contributed by atoms with Crippen LogP contribution in [0.5, 0.6) is 0 Å². The lowest BCUT2D eigenvalue weighted by Crippen LogP contribution is -2.21. The minimum absolute atomic E-state index is 0.0896. The number of hydrogen-bond donors (Lipinski definition) is 1. The minimum Gasteiger partial charge on any atom is -0.467 e. The van der Waals surface area contributed by atoms with Crippen LogP contribution in [0.4, 0.5) is 0 Å². The van der Waals surface area contributed by atoms with Crippen molar-refractivity contribution >= 4 is 33.2 Å². The van der Waals surface area contributed by atoms with E-state index in [1.54, 1.807) is 12.3 Å². The molecule has 0 spiro atoms. The molecule has 0 bridgehead atoms. The van der Waals surface area contributed by atoms with Crippen molar-refractivity contribution in [3.05, 3.63) is 45.0 Å². The standard InChI is InChI=1S/C10H8BrNO2S/c11-8-3-5-15-9(8)10(13)12-6-7-2-1-4-14-7/h1-5H,6H2,(H,12,13). The van der Waals surface area contributed by atoms with Crippen LogP contribution in [0.15, 0.2) is 38.7 Å². The molecule has 2 rings (SSSR count). The van der Waals surface area contributed by atoms with Crippen molar-refractivity contribution in [2.45, 2.75) is 6.54 Å². The first-order chi connectivity index (χ1) is 7.27. The van der Waals surface area contributed by atoms with Crippen LogP contribution in [0.2, 0.25) is 0 Å². The summed E-state index contributed by atoms with van der Waals surface area (Å²) in [5.41, 5.74) is 0. The Balaban J connectivity index is 1.96. The Morgan fingerprint density at radius 2 is 2.40 bits per heavy atom. The average Bonchev–Trinajstić information content (AvgIpc) is 2.84. The van der Waals surface area contributed by atoms with E-state index < -0.39 is 0 Å². The highest BCUT2D eigenvalue weighted by molar-refractivity contribution is 9.10. The van der Waals surface area contributed by atoms with Crippen molar-refractivity contribution in [1.29, 1.82) is 0 Å². The predicted molar refractivity (Wildman–Crippen MR) is 61.9 cm³/mol. The van der Waals surface area contributed by atoms with Crippen molar-refractivity contribution in [2.75, 3.05) is 0 Å². The van der Waals surface area contributed by atoms with Gasteiger partial charge in [0.05, 0.1) is 12.8 Å². The van der Waals surface area contributed by atoms with Crippen LogP contribution < -0.4 is 5.32 Å². The van der Waals surface area contributed by atoms with Gasteiger partial charge in [-0.2, -0.15) is 0 Å². The molecule has 3 nitrogen and oxygen atoms in total. The van der Waals surface area contributed by atoms with Crippen LogP contribution >= 0.6 is 27.3 Å². The summed E-state index contributed by atoms with van der Waals surface area (Å²) in [6.07, 6.45) is 1.59. The summed E-state index contributed by atoms with van der Waals surface area (Å²) in [4.78, 5) is 12.3. The Hall–Kier alpha value is -1.07. The van der Waals surface area contributed by atoms with E-state index in [1.807, 2.05) is 17.5 Å². The number of halogens is 1. The van der Waals surface area contributed by atoms with Crippen molar-refractivity contribution in [1.82, 2.24) is 5.32 Å². The molecule has 5 heteroatoms. The lowest BCUT2D eigenvalue weighted by atomic mass is 10.4. The summed E-state index contributed by atoms with van der Waals surface area (Å²) in [6, 6.07) is 5.47. The quantitative estimate of drug-likeness (QED) is 0.942. The summed E-state index contributed by atoms with van der Waals surface area (Å²) in [6.45, 7) is 0.413. The number of thiophene rings is 1. The fourth-order valence-electron chi connectivity index (χ4n) is 1.12. The van der Waals surface area contributed by atoms with Gasteiger partial charge in [-0.1, -0.05) is 0 Å². The molecular formula is C10H8BrNO2S. The first-order valence-corrected chi connectivity index (χ1v) is 5.98. The summed E-state index contributed by atoms with van der Waals surface area (Å²) in [7, 11) is 0. The van der Waals surface area contributed by atoms with Crippen LogP contribution in [0, 0.1) is 0 Å². The maximum absolute atomic E-state index is 11.6. The van der Waals surface area contributed by atoms with Crippen molar-refractivity contribution in [3.8, 4) is 0 Å². The summed E-state index contributed by atoms with van der Waals surface area (Å²) in [5, 5.41) is 4.64. The van der Waals surface area contributed by atoms with Gasteiger partial charge in [-0.15, -0.1) is 11.3 Å². The average molecular weight is 286 g/mol. The largest absolute Gasteiger partial charge is 0.467 e. The molecule has 0 aromatic carbocycles. The molecule has 15 heavy (non-hydrogen) atoms.